The summed E-state index contributed by atoms with van der Waals surface area (Å²) >= 11 is 10.9. The Labute approximate surface area is 123 Å². The monoisotopic (exact) mass is 347 g/mol. The lowest BCUT2D eigenvalue weighted by atomic mass is 10.1. The summed E-state index contributed by atoms with van der Waals surface area (Å²) in [6, 6.07) is 9.05. The minimum absolute atomic E-state index is 0.129. The molecule has 1 nitrogen and oxygen atoms in total. The molecule has 0 amide bonds. The van der Waals surface area contributed by atoms with E-state index >= 15 is 0 Å². The van der Waals surface area contributed by atoms with Gasteiger partial charge in [-0.05, 0) is 52.7 Å². The third-order valence-electron chi connectivity index (χ3n) is 2.65. The van der Waals surface area contributed by atoms with Crippen LogP contribution >= 0.6 is 38.9 Å². The number of benzene rings is 1. The average Bonchev–Trinajstić information content (AvgIpc) is 2.75. The van der Waals surface area contributed by atoms with Gasteiger partial charge in [-0.3, -0.25) is 0 Å². The first-order valence-electron chi connectivity index (χ1n) is 5.49. The van der Waals surface area contributed by atoms with Crippen molar-refractivity contribution in [2.45, 2.75) is 19.5 Å². The molecular formula is C13H12BrClFNS. The van der Waals surface area contributed by atoms with Crippen molar-refractivity contribution in [2.24, 2.45) is 0 Å². The van der Waals surface area contributed by atoms with Crippen molar-refractivity contribution in [3.05, 3.63) is 55.4 Å². The topological polar surface area (TPSA) is 12.0 Å². The molecule has 0 saturated heterocycles. The van der Waals surface area contributed by atoms with Gasteiger partial charge in [0.15, 0.2) is 0 Å². The highest BCUT2D eigenvalue weighted by atomic mass is 79.9. The number of hydrogen-bond donors (Lipinski definition) is 1. The molecule has 0 aliphatic carbocycles. The molecule has 5 heteroatoms. The van der Waals surface area contributed by atoms with Crippen molar-refractivity contribution in [2.75, 3.05) is 0 Å². The maximum absolute atomic E-state index is 13.1. The normalized spacial score (nSPS) is 12.7. The van der Waals surface area contributed by atoms with Gasteiger partial charge in [-0.25, -0.2) is 4.39 Å². The first-order chi connectivity index (χ1) is 8.56. The van der Waals surface area contributed by atoms with Crippen LogP contribution in [0.5, 0.6) is 0 Å². The Bertz CT molecular complexity index is 544. The van der Waals surface area contributed by atoms with Gasteiger partial charge in [-0.2, -0.15) is 0 Å². The molecule has 0 aliphatic heterocycles. The Morgan fingerprint density at radius 3 is 2.78 bits per heavy atom. The summed E-state index contributed by atoms with van der Waals surface area (Å²) in [5.41, 5.74) is 0.983. The SMILES string of the molecule is CC(NCc1ccc(Br)s1)c1ccc(F)c(Cl)c1. The zero-order valence-electron chi connectivity index (χ0n) is 9.71. The lowest BCUT2D eigenvalue weighted by Crippen LogP contribution is -2.17. The van der Waals surface area contributed by atoms with Crippen LogP contribution in [-0.4, -0.2) is 0 Å². The van der Waals surface area contributed by atoms with E-state index in [1.54, 1.807) is 23.5 Å². The van der Waals surface area contributed by atoms with Crippen LogP contribution in [0.3, 0.4) is 0 Å². The van der Waals surface area contributed by atoms with Gasteiger partial charge in [-0.15, -0.1) is 11.3 Å². The number of halogens is 3. The Morgan fingerprint density at radius 1 is 1.39 bits per heavy atom. The van der Waals surface area contributed by atoms with E-state index in [1.165, 1.54) is 10.9 Å². The molecule has 1 unspecified atom stereocenters. The predicted octanol–water partition coefficient (Wildman–Crippen LogP) is 5.15. The fraction of sp³-hybridized carbons (Fsp3) is 0.231. The molecule has 0 saturated carbocycles. The van der Waals surface area contributed by atoms with Crippen LogP contribution in [0.1, 0.15) is 23.4 Å². The number of nitrogens with one attached hydrogen (secondary N) is 1. The second-order valence-electron chi connectivity index (χ2n) is 3.98. The summed E-state index contributed by atoms with van der Waals surface area (Å²) in [5, 5.41) is 3.55. The molecule has 18 heavy (non-hydrogen) atoms. The third-order valence-corrected chi connectivity index (χ3v) is 4.57. The van der Waals surface area contributed by atoms with Gasteiger partial charge in [0, 0.05) is 17.5 Å². The maximum Gasteiger partial charge on any atom is 0.141 e. The fourth-order valence-electron chi connectivity index (χ4n) is 1.60. The van der Waals surface area contributed by atoms with E-state index in [2.05, 4.69) is 27.3 Å². The Morgan fingerprint density at radius 2 is 2.17 bits per heavy atom. The predicted molar refractivity (Wildman–Crippen MR) is 78.7 cm³/mol. The van der Waals surface area contributed by atoms with E-state index in [0.29, 0.717) is 0 Å². The molecule has 0 bridgehead atoms. The summed E-state index contributed by atoms with van der Waals surface area (Å²) in [7, 11) is 0. The third kappa shape index (κ3) is 3.54. The molecular weight excluding hydrogens is 337 g/mol. The van der Waals surface area contributed by atoms with Gasteiger partial charge in [0.05, 0.1) is 8.81 Å². The van der Waals surface area contributed by atoms with Crippen LogP contribution in [0, 0.1) is 5.82 Å². The summed E-state index contributed by atoms with van der Waals surface area (Å²) in [6.07, 6.45) is 0. The summed E-state index contributed by atoms with van der Waals surface area (Å²) in [4.78, 5) is 1.25. The molecule has 1 heterocycles. The summed E-state index contributed by atoms with van der Waals surface area (Å²) < 4.78 is 14.2. The largest absolute Gasteiger partial charge is 0.305 e. The lowest BCUT2D eigenvalue weighted by Gasteiger charge is -2.14. The van der Waals surface area contributed by atoms with Crippen LogP contribution < -0.4 is 5.32 Å². The highest BCUT2D eigenvalue weighted by molar-refractivity contribution is 9.11. The molecule has 96 valence electrons. The first-order valence-corrected chi connectivity index (χ1v) is 7.47. The molecule has 0 fully saturated rings. The smallest absolute Gasteiger partial charge is 0.141 e. The molecule has 0 radical (unpaired) electrons. The van der Waals surface area contributed by atoms with Gasteiger partial charge >= 0.3 is 0 Å². The van der Waals surface area contributed by atoms with Crippen LogP contribution in [0.4, 0.5) is 4.39 Å². The highest BCUT2D eigenvalue weighted by Crippen LogP contribution is 2.24. The number of thiophene rings is 1. The molecule has 1 aromatic heterocycles. The highest BCUT2D eigenvalue weighted by Gasteiger charge is 2.08. The lowest BCUT2D eigenvalue weighted by molar-refractivity contribution is 0.575. The Hall–Kier alpha value is -0.420. The van der Waals surface area contributed by atoms with Crippen molar-refractivity contribution in [1.29, 1.82) is 0 Å². The van der Waals surface area contributed by atoms with Crippen LogP contribution in [-0.2, 0) is 6.54 Å². The average molecular weight is 349 g/mol. The van der Waals surface area contributed by atoms with Crippen molar-refractivity contribution in [3.63, 3.8) is 0 Å². The molecule has 0 spiro atoms. The minimum atomic E-state index is -0.380. The standard InChI is InChI=1S/C13H12BrClFNS/c1-8(9-2-4-12(16)11(15)6-9)17-7-10-3-5-13(14)18-10/h2-6,8,17H,7H2,1H3. The van der Waals surface area contributed by atoms with E-state index in [-0.39, 0.29) is 16.9 Å². The molecule has 2 aromatic rings. The van der Waals surface area contributed by atoms with Gasteiger partial charge in [-0.1, -0.05) is 17.7 Å². The molecule has 0 aliphatic rings. The number of hydrogen-bond acceptors (Lipinski definition) is 2. The Kier molecular flexibility index (Phi) is 4.78. The zero-order chi connectivity index (χ0) is 13.1. The quantitative estimate of drug-likeness (QED) is 0.805. The minimum Gasteiger partial charge on any atom is -0.305 e. The molecule has 1 N–H and O–H groups in total. The van der Waals surface area contributed by atoms with Crippen molar-refractivity contribution >= 4 is 38.9 Å². The summed E-state index contributed by atoms with van der Waals surface area (Å²) in [5.74, 6) is -0.380. The van der Waals surface area contributed by atoms with Crippen LogP contribution in [0.15, 0.2) is 34.1 Å². The number of rotatable bonds is 4. The summed E-state index contributed by atoms with van der Waals surface area (Å²) in [6.45, 7) is 2.82. The molecule has 2 rings (SSSR count). The van der Waals surface area contributed by atoms with E-state index in [4.69, 9.17) is 11.6 Å². The van der Waals surface area contributed by atoms with Crippen molar-refractivity contribution in [3.8, 4) is 0 Å². The van der Waals surface area contributed by atoms with E-state index in [1.807, 2.05) is 13.0 Å². The van der Waals surface area contributed by atoms with Gasteiger partial charge in [0.1, 0.15) is 5.82 Å². The zero-order valence-corrected chi connectivity index (χ0v) is 12.9. The second-order valence-corrected chi connectivity index (χ2v) is 6.94. The van der Waals surface area contributed by atoms with Crippen LogP contribution in [0.2, 0.25) is 5.02 Å². The van der Waals surface area contributed by atoms with E-state index < -0.39 is 0 Å². The molecule has 1 atom stereocenters. The van der Waals surface area contributed by atoms with Gasteiger partial charge < -0.3 is 5.32 Å². The molecule has 1 aromatic carbocycles. The van der Waals surface area contributed by atoms with Crippen LogP contribution in [0.25, 0.3) is 0 Å². The first kappa shape index (κ1) is 14.0. The van der Waals surface area contributed by atoms with Gasteiger partial charge in [0.2, 0.25) is 0 Å². The van der Waals surface area contributed by atoms with E-state index in [0.717, 1.165) is 15.9 Å². The fourth-order valence-corrected chi connectivity index (χ4v) is 3.22. The van der Waals surface area contributed by atoms with E-state index in [9.17, 15) is 4.39 Å². The second kappa shape index (κ2) is 6.15. The Balaban J connectivity index is 1.99. The van der Waals surface area contributed by atoms with Gasteiger partial charge in [0.25, 0.3) is 0 Å². The maximum atomic E-state index is 13.1. The van der Waals surface area contributed by atoms with Crippen molar-refractivity contribution < 1.29 is 4.39 Å². The van der Waals surface area contributed by atoms with Crippen molar-refractivity contribution in [1.82, 2.24) is 5.32 Å².